The Labute approximate surface area is 180 Å². The Kier molecular flexibility index (Phi) is 7.54. The van der Waals surface area contributed by atoms with E-state index < -0.39 is 5.97 Å². The highest BCUT2D eigenvalue weighted by Gasteiger charge is 2.12. The van der Waals surface area contributed by atoms with Crippen molar-refractivity contribution in [3.05, 3.63) is 95.6 Å². The molecule has 0 fully saturated rings. The fourth-order valence-electron chi connectivity index (χ4n) is 2.77. The molecular weight excluding hydrogens is 394 g/mol. The SMILES string of the molecule is COC(=O)CC(=O)c1ccc(OCc2ccc(OCC(=N)c3ccccc3)cc2)cc1. The molecular formula is C25H23NO5. The molecule has 0 bridgehead atoms. The second kappa shape index (κ2) is 10.7. The van der Waals surface area contributed by atoms with E-state index in [2.05, 4.69) is 4.74 Å². The smallest absolute Gasteiger partial charge is 0.313 e. The molecule has 0 aromatic heterocycles. The summed E-state index contributed by atoms with van der Waals surface area (Å²) in [4.78, 5) is 23.1. The number of esters is 1. The fraction of sp³-hybridized carbons (Fsp3) is 0.160. The lowest BCUT2D eigenvalue weighted by atomic mass is 10.1. The van der Waals surface area contributed by atoms with Crippen LogP contribution in [0.1, 0.15) is 27.9 Å². The minimum atomic E-state index is -0.561. The number of ketones is 1. The molecule has 0 spiro atoms. The van der Waals surface area contributed by atoms with Gasteiger partial charge in [0.2, 0.25) is 0 Å². The van der Waals surface area contributed by atoms with E-state index in [1.807, 2.05) is 54.6 Å². The average Bonchev–Trinajstić information content (AvgIpc) is 2.82. The van der Waals surface area contributed by atoms with E-state index in [0.29, 0.717) is 29.4 Å². The lowest BCUT2D eigenvalue weighted by Gasteiger charge is -2.10. The van der Waals surface area contributed by atoms with Crippen LogP contribution in [0.3, 0.4) is 0 Å². The van der Waals surface area contributed by atoms with Gasteiger partial charge in [-0.25, -0.2) is 0 Å². The third kappa shape index (κ3) is 6.54. The van der Waals surface area contributed by atoms with Gasteiger partial charge >= 0.3 is 5.97 Å². The van der Waals surface area contributed by atoms with E-state index in [1.54, 1.807) is 24.3 Å². The van der Waals surface area contributed by atoms with Crippen LogP contribution in [0, 0.1) is 5.41 Å². The summed E-state index contributed by atoms with van der Waals surface area (Å²) in [7, 11) is 1.25. The van der Waals surface area contributed by atoms with Crippen LogP contribution >= 0.6 is 0 Å². The molecule has 3 rings (SSSR count). The highest BCUT2D eigenvalue weighted by atomic mass is 16.5. The molecule has 0 unspecified atom stereocenters. The van der Waals surface area contributed by atoms with Crippen LogP contribution < -0.4 is 9.47 Å². The summed E-state index contributed by atoms with van der Waals surface area (Å²) in [6.07, 6.45) is -0.282. The molecule has 3 aromatic carbocycles. The number of methoxy groups -OCH3 is 1. The van der Waals surface area contributed by atoms with Crippen LogP contribution in [0.15, 0.2) is 78.9 Å². The third-order valence-electron chi connectivity index (χ3n) is 4.54. The van der Waals surface area contributed by atoms with Gasteiger partial charge in [0.1, 0.15) is 31.1 Å². The van der Waals surface area contributed by atoms with Crippen LogP contribution in [0.4, 0.5) is 0 Å². The van der Waals surface area contributed by atoms with E-state index in [0.717, 1.165) is 11.1 Å². The predicted octanol–water partition coefficient (Wildman–Crippen LogP) is 4.46. The summed E-state index contributed by atoms with van der Waals surface area (Å²) in [5.41, 5.74) is 2.64. The molecule has 0 heterocycles. The molecule has 0 saturated heterocycles. The first-order valence-corrected chi connectivity index (χ1v) is 9.72. The number of benzene rings is 3. The van der Waals surface area contributed by atoms with Crippen LogP contribution in [0.2, 0.25) is 0 Å². The van der Waals surface area contributed by atoms with E-state index in [1.165, 1.54) is 7.11 Å². The van der Waals surface area contributed by atoms with E-state index in [4.69, 9.17) is 14.9 Å². The number of ether oxygens (including phenoxy) is 3. The van der Waals surface area contributed by atoms with Crippen molar-refractivity contribution in [1.29, 1.82) is 5.41 Å². The first-order chi connectivity index (χ1) is 15.0. The number of carbonyl (C=O) groups is 2. The normalized spacial score (nSPS) is 10.2. The van der Waals surface area contributed by atoms with Crippen LogP contribution in [0.5, 0.6) is 11.5 Å². The molecule has 0 amide bonds. The van der Waals surface area contributed by atoms with E-state index >= 15 is 0 Å². The van der Waals surface area contributed by atoms with Crippen LogP contribution in [-0.4, -0.2) is 31.2 Å². The van der Waals surface area contributed by atoms with E-state index in [9.17, 15) is 9.59 Å². The fourth-order valence-corrected chi connectivity index (χ4v) is 2.77. The van der Waals surface area contributed by atoms with Crippen LogP contribution in [-0.2, 0) is 16.1 Å². The number of rotatable bonds is 10. The van der Waals surface area contributed by atoms with Gasteiger partial charge < -0.3 is 19.6 Å². The average molecular weight is 417 g/mol. The van der Waals surface area contributed by atoms with Gasteiger partial charge in [0, 0.05) is 5.56 Å². The molecule has 0 aliphatic heterocycles. The summed E-state index contributed by atoms with van der Waals surface area (Å²) in [6.45, 7) is 0.552. The van der Waals surface area contributed by atoms with Gasteiger partial charge in [-0.15, -0.1) is 0 Å². The van der Waals surface area contributed by atoms with Gasteiger partial charge in [0.25, 0.3) is 0 Å². The third-order valence-corrected chi connectivity index (χ3v) is 4.54. The van der Waals surface area contributed by atoms with Gasteiger partial charge in [-0.3, -0.25) is 9.59 Å². The standard InChI is InChI=1S/C25H23NO5/c1-29-25(28)15-24(27)20-9-13-22(14-10-20)30-16-18-7-11-21(12-8-18)31-17-23(26)19-5-3-2-4-6-19/h2-14,26H,15-17H2,1H3. The number of Topliss-reactive ketones (excluding diaryl/α,β-unsaturated/α-hetero) is 1. The number of nitrogens with one attached hydrogen (secondary N) is 1. The van der Waals surface area contributed by atoms with Crippen molar-refractivity contribution < 1.29 is 23.8 Å². The maximum Gasteiger partial charge on any atom is 0.313 e. The number of carbonyl (C=O) groups excluding carboxylic acids is 2. The predicted molar refractivity (Wildman–Crippen MR) is 117 cm³/mol. The lowest BCUT2D eigenvalue weighted by Crippen LogP contribution is -2.11. The lowest BCUT2D eigenvalue weighted by molar-refractivity contribution is -0.139. The van der Waals surface area contributed by atoms with Crippen molar-refractivity contribution in [3.63, 3.8) is 0 Å². The molecule has 158 valence electrons. The van der Waals surface area contributed by atoms with Gasteiger partial charge in [-0.05, 0) is 47.5 Å². The molecule has 0 aliphatic rings. The maximum absolute atomic E-state index is 11.9. The molecule has 0 atom stereocenters. The highest BCUT2D eigenvalue weighted by Crippen LogP contribution is 2.17. The Balaban J connectivity index is 1.47. The Hall–Kier alpha value is -3.93. The zero-order valence-electron chi connectivity index (χ0n) is 17.2. The van der Waals surface area contributed by atoms with Crippen molar-refractivity contribution in [2.75, 3.05) is 13.7 Å². The van der Waals surface area contributed by atoms with Gasteiger partial charge in [-0.2, -0.15) is 0 Å². The van der Waals surface area contributed by atoms with Crippen LogP contribution in [0.25, 0.3) is 0 Å². The highest BCUT2D eigenvalue weighted by molar-refractivity contribution is 6.05. The van der Waals surface area contributed by atoms with Crippen molar-refractivity contribution in [3.8, 4) is 11.5 Å². The zero-order chi connectivity index (χ0) is 22.1. The van der Waals surface area contributed by atoms with Gasteiger partial charge in [0.15, 0.2) is 5.78 Å². The Morgan fingerprint density at radius 3 is 2.03 bits per heavy atom. The molecule has 0 saturated carbocycles. The summed E-state index contributed by atoms with van der Waals surface area (Å²) >= 11 is 0. The topological polar surface area (TPSA) is 85.7 Å². The van der Waals surface area contributed by atoms with Crippen molar-refractivity contribution in [1.82, 2.24) is 0 Å². The second-order valence-corrected chi connectivity index (χ2v) is 6.77. The zero-order valence-corrected chi connectivity index (χ0v) is 17.2. The molecule has 3 aromatic rings. The molecule has 0 aliphatic carbocycles. The summed E-state index contributed by atoms with van der Waals surface area (Å²) in [6, 6.07) is 23.6. The second-order valence-electron chi connectivity index (χ2n) is 6.77. The Morgan fingerprint density at radius 1 is 0.774 bits per heavy atom. The number of hydrogen-bond donors (Lipinski definition) is 1. The van der Waals surface area contributed by atoms with Crippen molar-refractivity contribution >= 4 is 17.5 Å². The van der Waals surface area contributed by atoms with Gasteiger partial charge in [0.05, 0.1) is 12.8 Å². The van der Waals surface area contributed by atoms with Gasteiger partial charge in [-0.1, -0.05) is 42.5 Å². The first kappa shape index (κ1) is 21.8. The largest absolute Gasteiger partial charge is 0.489 e. The summed E-state index contributed by atoms with van der Waals surface area (Å²) < 4.78 is 15.9. The Morgan fingerprint density at radius 2 is 1.39 bits per heavy atom. The first-order valence-electron chi connectivity index (χ1n) is 9.72. The number of hydrogen-bond acceptors (Lipinski definition) is 6. The molecule has 6 nitrogen and oxygen atoms in total. The quantitative estimate of drug-likeness (QED) is 0.228. The molecule has 6 heteroatoms. The van der Waals surface area contributed by atoms with Crippen molar-refractivity contribution in [2.24, 2.45) is 0 Å². The summed E-state index contributed by atoms with van der Waals surface area (Å²) in [5.74, 6) is 0.438. The maximum atomic E-state index is 11.9. The minimum Gasteiger partial charge on any atom is -0.489 e. The monoisotopic (exact) mass is 417 g/mol. The Bertz CT molecular complexity index is 1030. The molecule has 31 heavy (non-hydrogen) atoms. The van der Waals surface area contributed by atoms with E-state index in [-0.39, 0.29) is 18.8 Å². The van der Waals surface area contributed by atoms with Crippen molar-refractivity contribution in [2.45, 2.75) is 13.0 Å². The molecule has 1 N–H and O–H groups in total. The summed E-state index contributed by atoms with van der Waals surface area (Å²) in [5, 5.41) is 8.08. The molecule has 0 radical (unpaired) electrons. The minimum absolute atomic E-state index is 0.195.